The molecule has 0 aliphatic carbocycles. The Hall–Kier alpha value is -3.45. The molecule has 1 aromatic heterocycles. The molecule has 0 saturated heterocycles. The molecule has 0 fully saturated rings. The Morgan fingerprint density at radius 2 is 1.64 bits per heavy atom. The van der Waals surface area contributed by atoms with Crippen molar-refractivity contribution in [2.75, 3.05) is 10.6 Å². The highest BCUT2D eigenvalue weighted by molar-refractivity contribution is 6.30. The second-order valence-electron chi connectivity index (χ2n) is 8.12. The fourth-order valence-electron chi connectivity index (χ4n) is 3.18. The van der Waals surface area contributed by atoms with Gasteiger partial charge in [0.1, 0.15) is 11.7 Å². The SMILES string of the molecule is CC[C@H](C(=O)Nc1ccc(Cl)cc1)n1nc(-c2ccc(C)cc2)cc(NC(=O)C(C)C)c1=O. The summed E-state index contributed by atoms with van der Waals surface area (Å²) < 4.78 is 1.15. The molecule has 2 N–H and O–H groups in total. The number of rotatable bonds is 7. The third-order valence-electron chi connectivity index (χ3n) is 5.16. The van der Waals surface area contributed by atoms with Gasteiger partial charge in [0.05, 0.1) is 5.69 Å². The second-order valence-corrected chi connectivity index (χ2v) is 8.56. The molecule has 0 spiro atoms. The summed E-state index contributed by atoms with van der Waals surface area (Å²) in [6, 6.07) is 15.0. The number of hydrogen-bond acceptors (Lipinski definition) is 4. The van der Waals surface area contributed by atoms with Crippen molar-refractivity contribution >= 4 is 34.8 Å². The highest BCUT2D eigenvalue weighted by Crippen LogP contribution is 2.22. The number of aryl methyl sites for hydroxylation is 1. The molecular weight excluding hydrogens is 440 g/mol. The van der Waals surface area contributed by atoms with Gasteiger partial charge in [0.15, 0.2) is 0 Å². The average Bonchev–Trinajstić information content (AvgIpc) is 2.78. The predicted octanol–water partition coefficient (Wildman–Crippen LogP) is 5.06. The Morgan fingerprint density at radius 1 is 1.00 bits per heavy atom. The number of carbonyl (C=O) groups is 2. The number of amides is 2. The van der Waals surface area contributed by atoms with E-state index in [1.807, 2.05) is 31.2 Å². The van der Waals surface area contributed by atoms with Gasteiger partial charge in [-0.05, 0) is 43.7 Å². The second kappa shape index (κ2) is 10.4. The molecule has 0 saturated carbocycles. The van der Waals surface area contributed by atoms with Crippen LogP contribution in [-0.2, 0) is 9.59 Å². The van der Waals surface area contributed by atoms with E-state index in [0.29, 0.717) is 22.8 Å². The van der Waals surface area contributed by atoms with Gasteiger partial charge in [0, 0.05) is 22.2 Å². The van der Waals surface area contributed by atoms with Crippen LogP contribution in [0.15, 0.2) is 59.4 Å². The van der Waals surface area contributed by atoms with Crippen LogP contribution in [0.4, 0.5) is 11.4 Å². The lowest BCUT2D eigenvalue weighted by Gasteiger charge is -2.19. The number of halogens is 1. The van der Waals surface area contributed by atoms with Crippen molar-refractivity contribution in [3.05, 3.63) is 75.5 Å². The van der Waals surface area contributed by atoms with E-state index in [1.54, 1.807) is 51.1 Å². The standard InChI is InChI=1S/C25H27ClN4O3/c1-5-22(24(32)27-19-12-10-18(26)11-13-19)30-25(33)21(28-23(31)15(2)3)14-20(29-30)17-8-6-16(4)7-9-17/h6-15,22H,5H2,1-4H3,(H,27,32)(H,28,31)/t22-/m1/s1. The number of carbonyl (C=O) groups excluding carboxylic acids is 2. The topological polar surface area (TPSA) is 93.1 Å². The van der Waals surface area contributed by atoms with Gasteiger partial charge >= 0.3 is 0 Å². The Kier molecular flexibility index (Phi) is 7.66. The van der Waals surface area contributed by atoms with Crippen LogP contribution in [0.3, 0.4) is 0 Å². The van der Waals surface area contributed by atoms with Crippen molar-refractivity contribution in [1.29, 1.82) is 0 Å². The molecular formula is C25H27ClN4O3. The predicted molar refractivity (Wildman–Crippen MR) is 132 cm³/mol. The van der Waals surface area contributed by atoms with E-state index in [4.69, 9.17) is 11.6 Å². The maximum Gasteiger partial charge on any atom is 0.291 e. The summed E-state index contributed by atoms with van der Waals surface area (Å²) in [7, 11) is 0. The quantitative estimate of drug-likeness (QED) is 0.509. The zero-order valence-electron chi connectivity index (χ0n) is 19.1. The minimum atomic E-state index is -0.881. The normalized spacial score (nSPS) is 11.8. The van der Waals surface area contributed by atoms with Gasteiger partial charge < -0.3 is 10.6 Å². The van der Waals surface area contributed by atoms with Gasteiger partial charge in [-0.1, -0.05) is 62.2 Å². The van der Waals surface area contributed by atoms with Crippen molar-refractivity contribution in [1.82, 2.24) is 9.78 Å². The highest BCUT2D eigenvalue weighted by Gasteiger charge is 2.24. The molecule has 3 rings (SSSR count). The monoisotopic (exact) mass is 466 g/mol. The summed E-state index contributed by atoms with van der Waals surface area (Å²) in [4.78, 5) is 38.7. The van der Waals surface area contributed by atoms with Gasteiger partial charge in [0.25, 0.3) is 5.56 Å². The van der Waals surface area contributed by atoms with Crippen LogP contribution in [0, 0.1) is 12.8 Å². The summed E-state index contributed by atoms with van der Waals surface area (Å²) in [5.74, 6) is -1.00. The van der Waals surface area contributed by atoms with Crippen molar-refractivity contribution in [3.8, 4) is 11.3 Å². The summed E-state index contributed by atoms with van der Waals surface area (Å²) in [5, 5.41) is 10.5. The molecule has 0 unspecified atom stereocenters. The zero-order chi connectivity index (χ0) is 24.1. The smallest absolute Gasteiger partial charge is 0.291 e. The van der Waals surface area contributed by atoms with Gasteiger partial charge in [-0.25, -0.2) is 4.68 Å². The Bertz CT molecular complexity index is 1200. The maximum atomic E-state index is 13.3. The molecule has 3 aromatic rings. The zero-order valence-corrected chi connectivity index (χ0v) is 19.8. The van der Waals surface area contributed by atoms with E-state index in [-0.39, 0.29) is 17.5 Å². The molecule has 0 aliphatic rings. The van der Waals surface area contributed by atoms with Crippen LogP contribution < -0.4 is 16.2 Å². The number of aromatic nitrogens is 2. The molecule has 33 heavy (non-hydrogen) atoms. The first kappa shape index (κ1) is 24.2. The molecule has 1 atom stereocenters. The number of benzene rings is 2. The third kappa shape index (κ3) is 5.87. The molecule has 2 amide bonds. The van der Waals surface area contributed by atoms with Crippen molar-refractivity contribution < 1.29 is 9.59 Å². The maximum absolute atomic E-state index is 13.3. The van der Waals surface area contributed by atoms with Crippen LogP contribution in [0.5, 0.6) is 0 Å². The number of anilines is 2. The van der Waals surface area contributed by atoms with E-state index in [1.165, 1.54) is 0 Å². The summed E-state index contributed by atoms with van der Waals surface area (Å²) in [6.07, 6.45) is 0.321. The molecule has 0 aliphatic heterocycles. The van der Waals surface area contributed by atoms with Crippen molar-refractivity contribution in [2.24, 2.45) is 5.92 Å². The van der Waals surface area contributed by atoms with Crippen molar-refractivity contribution in [3.63, 3.8) is 0 Å². The molecule has 1 heterocycles. The summed E-state index contributed by atoms with van der Waals surface area (Å²) >= 11 is 5.92. The Balaban J connectivity index is 2.06. The molecule has 172 valence electrons. The van der Waals surface area contributed by atoms with E-state index >= 15 is 0 Å². The minimum absolute atomic E-state index is 0.0806. The lowest BCUT2D eigenvalue weighted by molar-refractivity contribution is -0.120. The number of nitrogens with one attached hydrogen (secondary N) is 2. The number of hydrogen-bond donors (Lipinski definition) is 2. The fourth-order valence-corrected chi connectivity index (χ4v) is 3.31. The lowest BCUT2D eigenvalue weighted by atomic mass is 10.1. The van der Waals surface area contributed by atoms with E-state index in [0.717, 1.165) is 15.8 Å². The van der Waals surface area contributed by atoms with E-state index in [9.17, 15) is 14.4 Å². The van der Waals surface area contributed by atoms with Crippen LogP contribution in [0.2, 0.25) is 5.02 Å². The highest BCUT2D eigenvalue weighted by atomic mass is 35.5. The van der Waals surface area contributed by atoms with Crippen molar-refractivity contribution in [2.45, 2.75) is 40.2 Å². The van der Waals surface area contributed by atoms with Crippen LogP contribution in [0.25, 0.3) is 11.3 Å². The Labute approximate surface area is 197 Å². The van der Waals surface area contributed by atoms with E-state index < -0.39 is 17.5 Å². The van der Waals surface area contributed by atoms with Crippen LogP contribution in [0.1, 0.15) is 38.8 Å². The van der Waals surface area contributed by atoms with Crippen LogP contribution >= 0.6 is 11.6 Å². The first-order valence-corrected chi connectivity index (χ1v) is 11.2. The number of nitrogens with zero attached hydrogens (tertiary/aromatic N) is 2. The minimum Gasteiger partial charge on any atom is -0.324 e. The first-order chi connectivity index (χ1) is 15.7. The van der Waals surface area contributed by atoms with Gasteiger partial charge in [-0.3, -0.25) is 14.4 Å². The average molecular weight is 467 g/mol. The third-order valence-corrected chi connectivity index (χ3v) is 5.41. The van der Waals surface area contributed by atoms with Gasteiger partial charge in [0.2, 0.25) is 11.8 Å². The molecule has 8 heteroatoms. The molecule has 0 radical (unpaired) electrons. The first-order valence-electron chi connectivity index (χ1n) is 10.8. The molecule has 2 aromatic carbocycles. The summed E-state index contributed by atoms with van der Waals surface area (Å²) in [5.41, 5.74) is 2.41. The lowest BCUT2D eigenvalue weighted by Crippen LogP contribution is -2.37. The van der Waals surface area contributed by atoms with Crippen LogP contribution in [-0.4, -0.2) is 21.6 Å². The fraction of sp³-hybridized carbons (Fsp3) is 0.280. The van der Waals surface area contributed by atoms with Gasteiger partial charge in [-0.15, -0.1) is 0 Å². The summed E-state index contributed by atoms with van der Waals surface area (Å²) in [6.45, 7) is 7.25. The largest absolute Gasteiger partial charge is 0.324 e. The Morgan fingerprint density at radius 3 is 2.21 bits per heavy atom. The molecule has 0 bridgehead atoms. The molecule has 7 nitrogen and oxygen atoms in total. The van der Waals surface area contributed by atoms with Gasteiger partial charge in [-0.2, -0.15) is 5.10 Å². The van der Waals surface area contributed by atoms with E-state index in [2.05, 4.69) is 15.7 Å².